The smallest absolute Gasteiger partial charge is 0.200 e. The molecule has 0 saturated heterocycles. The summed E-state index contributed by atoms with van der Waals surface area (Å²) in [5.74, 6) is 0. The van der Waals surface area contributed by atoms with E-state index >= 15 is 0 Å². The van der Waals surface area contributed by atoms with Crippen molar-refractivity contribution in [3.8, 4) is 0 Å². The molecule has 0 aliphatic carbocycles. The third-order valence-corrected chi connectivity index (χ3v) is 4.00. The molecule has 0 bridgehead atoms. The predicted octanol–water partition coefficient (Wildman–Crippen LogP) is 2.50. The van der Waals surface area contributed by atoms with Crippen molar-refractivity contribution >= 4 is 16.2 Å². The summed E-state index contributed by atoms with van der Waals surface area (Å²) >= 11 is 0. The van der Waals surface area contributed by atoms with Crippen LogP contribution in [0.2, 0.25) is 0 Å². The fourth-order valence-electron chi connectivity index (χ4n) is 1.64. The number of nitrogens with zero attached hydrogens (tertiary/aromatic N) is 1. The molecular weight excluding hydrogens is 272 g/mol. The van der Waals surface area contributed by atoms with Gasteiger partial charge in [0.15, 0.2) is 0 Å². The number of hydrogen-bond acceptors (Lipinski definition) is 3. The first-order chi connectivity index (χ1) is 9.58. The van der Waals surface area contributed by atoms with Gasteiger partial charge >= 0.3 is 0 Å². The fourth-order valence-corrected chi connectivity index (χ4v) is 2.46. The predicted molar refractivity (Wildman–Crippen MR) is 80.1 cm³/mol. The van der Waals surface area contributed by atoms with Gasteiger partial charge in [0.2, 0.25) is 0 Å². The van der Waals surface area contributed by atoms with Gasteiger partial charge in [-0.2, -0.15) is 13.5 Å². The van der Waals surface area contributed by atoms with Crippen LogP contribution in [0.5, 0.6) is 0 Å². The van der Waals surface area contributed by atoms with Crippen molar-refractivity contribution in [2.45, 2.75) is 18.2 Å². The Morgan fingerprint density at radius 1 is 1.05 bits per heavy atom. The summed E-state index contributed by atoms with van der Waals surface area (Å²) in [6.07, 6.45) is 2.12. The Morgan fingerprint density at radius 3 is 2.35 bits per heavy atom. The second-order valence-corrected chi connectivity index (χ2v) is 6.07. The molecule has 0 fully saturated rings. The summed E-state index contributed by atoms with van der Waals surface area (Å²) in [6.45, 7) is 1.90. The van der Waals surface area contributed by atoms with Crippen LogP contribution in [0.1, 0.15) is 11.1 Å². The molecule has 20 heavy (non-hydrogen) atoms. The van der Waals surface area contributed by atoms with Crippen molar-refractivity contribution in [1.82, 2.24) is 4.83 Å². The monoisotopic (exact) mass is 288 g/mol. The van der Waals surface area contributed by atoms with E-state index in [0.29, 0.717) is 6.42 Å². The third kappa shape index (κ3) is 3.93. The lowest BCUT2D eigenvalue weighted by atomic mass is 10.2. The normalized spacial score (nSPS) is 11.7. The molecule has 104 valence electrons. The second-order valence-electron chi connectivity index (χ2n) is 4.41. The highest BCUT2D eigenvalue weighted by atomic mass is 32.2. The van der Waals surface area contributed by atoms with Gasteiger partial charge in [-0.05, 0) is 24.6 Å². The summed E-state index contributed by atoms with van der Waals surface area (Å²) in [6, 6.07) is 16.3. The molecule has 0 aromatic heterocycles. The summed E-state index contributed by atoms with van der Waals surface area (Å²) in [5, 5.41) is 3.77. The van der Waals surface area contributed by atoms with Crippen LogP contribution in [0, 0.1) is 6.92 Å². The Kier molecular flexibility index (Phi) is 4.53. The van der Waals surface area contributed by atoms with Crippen LogP contribution >= 0.6 is 0 Å². The molecule has 1 N–H and O–H groups in total. The Bertz CT molecular complexity index is 678. The lowest BCUT2D eigenvalue weighted by Crippen LogP contribution is -2.18. The van der Waals surface area contributed by atoms with E-state index < -0.39 is 10.0 Å². The van der Waals surface area contributed by atoms with Crippen LogP contribution in [0.4, 0.5) is 0 Å². The van der Waals surface area contributed by atoms with Gasteiger partial charge in [-0.25, -0.2) is 4.83 Å². The molecule has 0 spiro atoms. The summed E-state index contributed by atoms with van der Waals surface area (Å²) in [7, 11) is -3.58. The highest BCUT2D eigenvalue weighted by Crippen LogP contribution is 2.09. The minimum absolute atomic E-state index is 0.208. The van der Waals surface area contributed by atoms with Gasteiger partial charge in [-0.1, -0.05) is 48.0 Å². The lowest BCUT2D eigenvalue weighted by molar-refractivity contribution is 0.584. The number of hydrogen-bond donors (Lipinski definition) is 1. The molecule has 0 radical (unpaired) electrons. The van der Waals surface area contributed by atoms with Crippen LogP contribution in [-0.2, 0) is 16.4 Å². The maximum atomic E-state index is 11.9. The van der Waals surface area contributed by atoms with E-state index in [9.17, 15) is 8.42 Å². The summed E-state index contributed by atoms with van der Waals surface area (Å²) in [4.78, 5) is 2.41. The molecule has 0 unspecified atom stereocenters. The van der Waals surface area contributed by atoms with Crippen LogP contribution in [0.15, 0.2) is 64.6 Å². The van der Waals surface area contributed by atoms with E-state index in [-0.39, 0.29) is 4.90 Å². The maximum Gasteiger partial charge on any atom is 0.276 e. The molecule has 4 nitrogen and oxygen atoms in total. The van der Waals surface area contributed by atoms with Gasteiger partial charge in [-0.15, -0.1) is 0 Å². The van der Waals surface area contributed by atoms with Crippen molar-refractivity contribution in [3.63, 3.8) is 0 Å². The zero-order chi connectivity index (χ0) is 14.4. The highest BCUT2D eigenvalue weighted by molar-refractivity contribution is 7.89. The van der Waals surface area contributed by atoms with Crippen LogP contribution in [-0.4, -0.2) is 14.6 Å². The molecule has 5 heteroatoms. The third-order valence-electron chi connectivity index (χ3n) is 2.77. The molecule has 2 aromatic carbocycles. The SMILES string of the molecule is Cc1ccc(S(=O)(=O)N/N=C/Cc2ccccc2)cc1. The van der Waals surface area contributed by atoms with Gasteiger partial charge in [-0.3, -0.25) is 0 Å². The van der Waals surface area contributed by atoms with E-state index in [1.165, 1.54) is 0 Å². The quantitative estimate of drug-likeness (QED) is 0.679. The molecule has 0 atom stereocenters. The fraction of sp³-hybridized carbons (Fsp3) is 0.133. The van der Waals surface area contributed by atoms with E-state index in [1.807, 2.05) is 37.3 Å². The first kappa shape index (κ1) is 14.3. The molecular formula is C15H16N2O2S. The summed E-state index contributed by atoms with van der Waals surface area (Å²) < 4.78 is 23.9. The van der Waals surface area contributed by atoms with E-state index in [0.717, 1.165) is 11.1 Å². The molecule has 2 rings (SSSR count). The Hall–Kier alpha value is -2.14. The van der Waals surface area contributed by atoms with Crippen LogP contribution in [0.3, 0.4) is 0 Å². The average molecular weight is 288 g/mol. The molecule has 0 aliphatic heterocycles. The van der Waals surface area contributed by atoms with Crippen LogP contribution < -0.4 is 4.83 Å². The van der Waals surface area contributed by atoms with Gasteiger partial charge in [0, 0.05) is 12.6 Å². The zero-order valence-electron chi connectivity index (χ0n) is 11.2. The number of benzene rings is 2. The number of sulfonamides is 1. The molecule has 2 aromatic rings. The van der Waals surface area contributed by atoms with Crippen LogP contribution in [0.25, 0.3) is 0 Å². The molecule has 0 saturated carbocycles. The van der Waals surface area contributed by atoms with Crippen molar-refractivity contribution in [2.24, 2.45) is 5.10 Å². The van der Waals surface area contributed by atoms with E-state index in [2.05, 4.69) is 9.93 Å². The molecule has 0 heterocycles. The Labute approximate surface area is 119 Å². The first-order valence-electron chi connectivity index (χ1n) is 6.22. The lowest BCUT2D eigenvalue weighted by Gasteiger charge is -2.03. The van der Waals surface area contributed by atoms with Crippen molar-refractivity contribution in [3.05, 3.63) is 65.7 Å². The van der Waals surface area contributed by atoms with E-state index in [4.69, 9.17) is 0 Å². The Morgan fingerprint density at radius 2 is 1.70 bits per heavy atom. The number of aryl methyl sites for hydroxylation is 1. The highest BCUT2D eigenvalue weighted by Gasteiger charge is 2.11. The number of rotatable bonds is 5. The van der Waals surface area contributed by atoms with Crippen molar-refractivity contribution in [1.29, 1.82) is 0 Å². The van der Waals surface area contributed by atoms with Gasteiger partial charge in [0.1, 0.15) is 0 Å². The van der Waals surface area contributed by atoms with Crippen molar-refractivity contribution in [2.75, 3.05) is 0 Å². The van der Waals surface area contributed by atoms with E-state index in [1.54, 1.807) is 30.5 Å². The number of nitrogens with one attached hydrogen (secondary N) is 1. The second kappa shape index (κ2) is 6.34. The average Bonchev–Trinajstić information content (AvgIpc) is 2.45. The first-order valence-corrected chi connectivity index (χ1v) is 7.70. The van der Waals surface area contributed by atoms with Crippen molar-refractivity contribution < 1.29 is 8.42 Å². The summed E-state index contributed by atoms with van der Waals surface area (Å²) in [5.41, 5.74) is 2.09. The van der Waals surface area contributed by atoms with Gasteiger partial charge in [0.25, 0.3) is 10.0 Å². The molecule has 0 amide bonds. The number of hydrazone groups is 1. The van der Waals surface area contributed by atoms with Gasteiger partial charge in [0.05, 0.1) is 4.90 Å². The maximum absolute atomic E-state index is 11.9. The standard InChI is InChI=1S/C15H16N2O2S/c1-13-7-9-15(10-8-13)20(18,19)17-16-12-11-14-5-3-2-4-6-14/h2-10,12,17H,11H2,1H3/b16-12+. The zero-order valence-corrected chi connectivity index (χ0v) is 12.0. The minimum atomic E-state index is -3.58. The van der Waals surface area contributed by atoms with Gasteiger partial charge < -0.3 is 0 Å². The molecule has 0 aliphatic rings. The largest absolute Gasteiger partial charge is 0.276 e. The topological polar surface area (TPSA) is 58.5 Å². The Balaban J connectivity index is 1.97. The minimum Gasteiger partial charge on any atom is -0.200 e.